The van der Waals surface area contributed by atoms with Crippen molar-refractivity contribution in [3.63, 3.8) is 0 Å². The summed E-state index contributed by atoms with van der Waals surface area (Å²) in [7, 11) is 4.10. The van der Waals surface area contributed by atoms with E-state index in [-0.39, 0.29) is 5.82 Å². The number of likely N-dealkylation sites (N-methyl/N-ethyl adjacent to an activating group) is 1. The zero-order chi connectivity index (χ0) is 13.7. The highest BCUT2D eigenvalue weighted by atomic mass is 35.5. The van der Waals surface area contributed by atoms with Gasteiger partial charge in [0.05, 0.1) is 0 Å². The number of nitrogens with one attached hydrogen (secondary N) is 1. The van der Waals surface area contributed by atoms with Crippen LogP contribution in [0.5, 0.6) is 0 Å². The van der Waals surface area contributed by atoms with E-state index in [0.717, 1.165) is 12.1 Å². The lowest BCUT2D eigenvalue weighted by Gasteiger charge is -2.26. The number of nitrogens with zero attached hydrogens (tertiary/aromatic N) is 1. The molecule has 0 aromatic heterocycles. The molecular weight excluding hydrogens is 251 g/mol. The van der Waals surface area contributed by atoms with Crippen LogP contribution in [0.4, 0.5) is 4.39 Å². The first kappa shape index (κ1) is 15.4. The molecule has 0 bridgehead atoms. The first-order valence-corrected chi connectivity index (χ1v) is 6.60. The first-order valence-electron chi connectivity index (χ1n) is 6.22. The molecule has 0 saturated heterocycles. The monoisotopic (exact) mass is 272 g/mol. The molecule has 0 saturated carbocycles. The Kier molecular flexibility index (Phi) is 6.06. The van der Waals surface area contributed by atoms with Gasteiger partial charge in [0, 0.05) is 24.2 Å². The molecule has 1 atom stereocenters. The van der Waals surface area contributed by atoms with Crippen molar-refractivity contribution in [1.29, 1.82) is 0 Å². The average Bonchev–Trinajstić information content (AvgIpc) is 2.27. The Morgan fingerprint density at radius 3 is 2.56 bits per heavy atom. The van der Waals surface area contributed by atoms with E-state index >= 15 is 0 Å². The Labute approximate surface area is 114 Å². The molecule has 1 rings (SSSR count). The minimum atomic E-state index is -0.245. The molecule has 2 nitrogen and oxygen atoms in total. The molecule has 1 aromatic carbocycles. The van der Waals surface area contributed by atoms with Gasteiger partial charge >= 0.3 is 0 Å². The standard InChI is InChI=1S/C14H22ClFN2/c1-10(2)14(9-18(3)4)17-8-11-7-12(16)5-6-13(11)15/h5-7,10,14,17H,8-9H2,1-4H3. The number of rotatable bonds is 6. The van der Waals surface area contributed by atoms with E-state index in [1.54, 1.807) is 6.07 Å². The fourth-order valence-electron chi connectivity index (χ4n) is 1.82. The molecule has 0 aliphatic carbocycles. The molecule has 0 radical (unpaired) electrons. The average molecular weight is 273 g/mol. The van der Waals surface area contributed by atoms with E-state index < -0.39 is 0 Å². The van der Waals surface area contributed by atoms with Crippen molar-refractivity contribution in [2.24, 2.45) is 5.92 Å². The van der Waals surface area contributed by atoms with Gasteiger partial charge in [-0.15, -0.1) is 0 Å². The maximum Gasteiger partial charge on any atom is 0.123 e. The van der Waals surface area contributed by atoms with E-state index in [0.29, 0.717) is 23.5 Å². The third kappa shape index (κ3) is 4.92. The highest BCUT2D eigenvalue weighted by molar-refractivity contribution is 6.31. The number of hydrogen-bond donors (Lipinski definition) is 1. The van der Waals surface area contributed by atoms with E-state index in [9.17, 15) is 4.39 Å². The third-order valence-electron chi connectivity index (χ3n) is 2.93. The molecule has 0 heterocycles. The Morgan fingerprint density at radius 1 is 1.33 bits per heavy atom. The summed E-state index contributed by atoms with van der Waals surface area (Å²) in [5.41, 5.74) is 0.807. The van der Waals surface area contributed by atoms with Crippen LogP contribution in [0.2, 0.25) is 5.02 Å². The van der Waals surface area contributed by atoms with E-state index in [4.69, 9.17) is 11.6 Å². The molecule has 0 amide bonds. The van der Waals surface area contributed by atoms with Crippen molar-refractivity contribution in [3.8, 4) is 0 Å². The summed E-state index contributed by atoms with van der Waals surface area (Å²) in [4.78, 5) is 2.14. The Hall–Kier alpha value is -0.640. The van der Waals surface area contributed by atoms with Crippen LogP contribution in [0, 0.1) is 11.7 Å². The maximum atomic E-state index is 13.1. The SMILES string of the molecule is CC(C)C(CN(C)C)NCc1cc(F)ccc1Cl. The largest absolute Gasteiger partial charge is 0.308 e. The van der Waals surface area contributed by atoms with Crippen molar-refractivity contribution in [3.05, 3.63) is 34.6 Å². The van der Waals surface area contributed by atoms with Gasteiger partial charge in [0.15, 0.2) is 0 Å². The summed E-state index contributed by atoms with van der Waals surface area (Å²) >= 11 is 6.05. The molecule has 1 unspecified atom stereocenters. The molecule has 1 aromatic rings. The van der Waals surface area contributed by atoms with Crippen LogP contribution in [0.1, 0.15) is 19.4 Å². The van der Waals surface area contributed by atoms with Gasteiger partial charge in [0.1, 0.15) is 5.82 Å². The van der Waals surface area contributed by atoms with Crippen molar-refractivity contribution in [2.45, 2.75) is 26.4 Å². The van der Waals surface area contributed by atoms with Gasteiger partial charge in [-0.05, 0) is 43.8 Å². The normalized spacial score (nSPS) is 13.3. The summed E-state index contributed by atoms with van der Waals surface area (Å²) in [5.74, 6) is 0.268. The molecule has 1 N–H and O–H groups in total. The van der Waals surface area contributed by atoms with Crippen LogP contribution in [0.3, 0.4) is 0 Å². The first-order chi connectivity index (χ1) is 8.40. The van der Waals surface area contributed by atoms with Gasteiger partial charge < -0.3 is 10.2 Å². The molecule has 102 valence electrons. The predicted molar refractivity (Wildman–Crippen MR) is 75.4 cm³/mol. The van der Waals surface area contributed by atoms with Gasteiger partial charge in [-0.1, -0.05) is 25.4 Å². The molecule has 0 aliphatic heterocycles. The lowest BCUT2D eigenvalue weighted by molar-refractivity contribution is 0.288. The second kappa shape index (κ2) is 7.07. The minimum absolute atomic E-state index is 0.245. The van der Waals surface area contributed by atoms with Gasteiger partial charge in [-0.3, -0.25) is 0 Å². The fraction of sp³-hybridized carbons (Fsp3) is 0.571. The highest BCUT2D eigenvalue weighted by Crippen LogP contribution is 2.17. The van der Waals surface area contributed by atoms with E-state index in [1.807, 2.05) is 14.1 Å². The number of halogens is 2. The topological polar surface area (TPSA) is 15.3 Å². The lowest BCUT2D eigenvalue weighted by Crippen LogP contribution is -2.41. The van der Waals surface area contributed by atoms with Crippen LogP contribution in [-0.4, -0.2) is 31.6 Å². The molecule has 4 heteroatoms. The molecule has 0 fully saturated rings. The highest BCUT2D eigenvalue weighted by Gasteiger charge is 2.14. The summed E-state index contributed by atoms with van der Waals surface area (Å²) in [6.45, 7) is 5.89. The number of benzene rings is 1. The van der Waals surface area contributed by atoms with Crippen molar-refractivity contribution >= 4 is 11.6 Å². The Balaban J connectivity index is 2.63. The van der Waals surface area contributed by atoms with Crippen molar-refractivity contribution < 1.29 is 4.39 Å². The molecule has 0 aliphatic rings. The van der Waals surface area contributed by atoms with Gasteiger partial charge in [0.25, 0.3) is 0 Å². The van der Waals surface area contributed by atoms with Gasteiger partial charge in [-0.25, -0.2) is 4.39 Å². The zero-order valence-electron chi connectivity index (χ0n) is 11.5. The Bertz CT molecular complexity index is 380. The summed E-state index contributed by atoms with van der Waals surface area (Å²) in [5, 5.41) is 4.05. The van der Waals surface area contributed by atoms with E-state index in [1.165, 1.54) is 12.1 Å². The summed E-state index contributed by atoms with van der Waals surface area (Å²) in [6, 6.07) is 4.83. The van der Waals surface area contributed by atoms with Crippen molar-refractivity contribution in [1.82, 2.24) is 10.2 Å². The van der Waals surface area contributed by atoms with Crippen LogP contribution in [-0.2, 0) is 6.54 Å². The lowest BCUT2D eigenvalue weighted by atomic mass is 10.0. The quantitative estimate of drug-likeness (QED) is 0.856. The van der Waals surface area contributed by atoms with Crippen LogP contribution >= 0.6 is 11.6 Å². The van der Waals surface area contributed by atoms with Crippen LogP contribution in [0.25, 0.3) is 0 Å². The van der Waals surface area contributed by atoms with Crippen molar-refractivity contribution in [2.75, 3.05) is 20.6 Å². The Morgan fingerprint density at radius 2 is 2.00 bits per heavy atom. The second-order valence-corrected chi connectivity index (χ2v) is 5.64. The smallest absolute Gasteiger partial charge is 0.123 e. The minimum Gasteiger partial charge on any atom is -0.308 e. The fourth-order valence-corrected chi connectivity index (χ4v) is 2.01. The molecular formula is C14H22ClFN2. The zero-order valence-corrected chi connectivity index (χ0v) is 12.3. The van der Waals surface area contributed by atoms with Crippen LogP contribution < -0.4 is 5.32 Å². The maximum absolute atomic E-state index is 13.1. The second-order valence-electron chi connectivity index (χ2n) is 5.23. The van der Waals surface area contributed by atoms with E-state index in [2.05, 4.69) is 24.1 Å². The summed E-state index contributed by atoms with van der Waals surface area (Å²) in [6.07, 6.45) is 0. The number of hydrogen-bond acceptors (Lipinski definition) is 2. The van der Waals surface area contributed by atoms with Gasteiger partial charge in [-0.2, -0.15) is 0 Å². The summed E-state index contributed by atoms with van der Waals surface area (Å²) < 4.78 is 13.1. The molecule has 18 heavy (non-hydrogen) atoms. The van der Waals surface area contributed by atoms with Crippen LogP contribution in [0.15, 0.2) is 18.2 Å². The molecule has 0 spiro atoms. The van der Waals surface area contributed by atoms with Gasteiger partial charge in [0.2, 0.25) is 0 Å². The predicted octanol–water partition coefficient (Wildman–Crippen LogP) is 3.15. The third-order valence-corrected chi connectivity index (χ3v) is 3.30.